The Labute approximate surface area is 463 Å². The molecule has 16 nitrogen and oxygen atoms in total. The molecular weight excluding hydrogens is 1170 g/mol. The van der Waals surface area contributed by atoms with E-state index < -0.39 is 151 Å². The van der Waals surface area contributed by atoms with Gasteiger partial charge in [-0.1, -0.05) is 20.8 Å². The molecule has 82 heavy (non-hydrogen) atoms. The summed E-state index contributed by atoms with van der Waals surface area (Å²) >= 11 is 0. The third-order valence-electron chi connectivity index (χ3n) is 21.6. The highest BCUT2D eigenvalue weighted by Crippen LogP contribution is 2.68. The molecule has 14 atom stereocenters. The van der Waals surface area contributed by atoms with Crippen LogP contribution >= 0.6 is 0 Å². The maximum Gasteiger partial charge on any atom is 0.438 e. The second kappa shape index (κ2) is 20.4. The van der Waals surface area contributed by atoms with Gasteiger partial charge in [-0.3, -0.25) is 28.8 Å². The standard InChI is InChI=1S/C28H38F6O7S.C24H26F6O9S/c1-15(4-9-23(37)41-26(27(29,30)31,28(32,33)34)14-42(38,39)40)19-7-8-20-18-6-5-16-12-17(35)10-11-24(16,2)21(18)13-22(36)25(19,20)3;25-23(26,27)22(24(28,29)30,8-40(34,35)36)39-19(32)15-13-4-12-14(15)18(31)37-16(12)17(13)38-20(33)21-5-9-1-10(6-21)3-11(2-9)7-21/h15-16,18-21H,4-14H2,1-3H3,(H,38,39,40);9-17H,1-8H2,(H,34,35,36)/p-2. The Bertz CT molecular complexity index is 2770. The number of carbonyl (C=O) groups excluding carboxylic acids is 6. The van der Waals surface area contributed by atoms with E-state index in [1.54, 1.807) is 6.92 Å². The SMILES string of the molecule is CC(CCC(=O)OC(CS(=O)(=O)[O-])(C(F)(F)F)C(F)(F)F)C1CCC2C3CCC4CC(=O)CCC4(C)C3CC(=O)C12C.O=C1OC2C3CC(C2OC(=O)C24CC5CC(CC(C5)C2)C4)C(C(=O)OC(CS(=O)(=O)[O-])(C(F)(F)F)C(F)(F)F)C13. The van der Waals surface area contributed by atoms with Gasteiger partial charge in [-0.2, -0.15) is 52.7 Å². The lowest BCUT2D eigenvalue weighted by molar-refractivity contribution is -0.362. The Balaban J connectivity index is 0.000000198. The number of esters is 4. The van der Waals surface area contributed by atoms with E-state index in [4.69, 9.17) is 9.47 Å². The minimum atomic E-state index is -6.54. The normalized spacial score (nSPS) is 39.1. The predicted octanol–water partition coefficient (Wildman–Crippen LogP) is 8.64. The zero-order valence-corrected chi connectivity index (χ0v) is 46.1. The van der Waals surface area contributed by atoms with Crippen LogP contribution in [0, 0.1) is 93.2 Å². The van der Waals surface area contributed by atoms with Crippen LogP contribution in [-0.2, 0) is 68.0 Å². The molecule has 1 saturated heterocycles. The van der Waals surface area contributed by atoms with Crippen molar-refractivity contribution in [2.24, 2.45) is 93.2 Å². The highest BCUT2D eigenvalue weighted by molar-refractivity contribution is 7.86. The smallest absolute Gasteiger partial charge is 0.438 e. The fourth-order valence-corrected chi connectivity index (χ4v) is 20.0. The first kappa shape index (κ1) is 62.7. The van der Waals surface area contributed by atoms with Gasteiger partial charge in [0.05, 0.1) is 49.0 Å². The van der Waals surface area contributed by atoms with E-state index in [2.05, 4.69) is 16.4 Å². The second-order valence-corrected chi connectivity index (χ2v) is 28.8. The van der Waals surface area contributed by atoms with Crippen LogP contribution < -0.4 is 0 Å². The van der Waals surface area contributed by atoms with Crippen LogP contribution in [0.5, 0.6) is 0 Å². The van der Waals surface area contributed by atoms with Crippen LogP contribution in [0.1, 0.15) is 130 Å². The van der Waals surface area contributed by atoms with Crippen molar-refractivity contribution in [3.63, 3.8) is 0 Å². The highest BCUT2D eigenvalue weighted by Gasteiger charge is 2.78. The summed E-state index contributed by atoms with van der Waals surface area (Å²) in [7, 11) is -12.3. The molecule has 0 spiro atoms. The lowest BCUT2D eigenvalue weighted by atomic mass is 9.44. The number of halogens is 12. The van der Waals surface area contributed by atoms with E-state index in [-0.39, 0.29) is 59.4 Å². The van der Waals surface area contributed by atoms with E-state index in [1.807, 2.05) is 6.92 Å². The first-order valence-electron chi connectivity index (χ1n) is 27.5. The van der Waals surface area contributed by atoms with E-state index in [0.29, 0.717) is 62.7 Å². The van der Waals surface area contributed by atoms with Crippen molar-refractivity contribution in [1.82, 2.24) is 0 Å². The molecule has 14 unspecified atom stereocenters. The van der Waals surface area contributed by atoms with Gasteiger partial charge in [-0.05, 0) is 142 Å². The van der Waals surface area contributed by atoms with E-state index >= 15 is 0 Å². The van der Waals surface area contributed by atoms with Gasteiger partial charge in [0.15, 0.2) is 0 Å². The molecule has 11 rings (SSSR count). The summed E-state index contributed by atoms with van der Waals surface area (Å²) in [6.07, 6.45) is -19.3. The summed E-state index contributed by atoms with van der Waals surface area (Å²) in [4.78, 5) is 77.5. The van der Waals surface area contributed by atoms with Gasteiger partial charge in [0.2, 0.25) is 0 Å². The van der Waals surface area contributed by atoms with E-state index in [9.17, 15) is 107 Å². The minimum Gasteiger partial charge on any atom is -0.748 e. The topological polar surface area (TPSA) is 254 Å². The van der Waals surface area contributed by atoms with Crippen molar-refractivity contribution in [2.75, 3.05) is 11.5 Å². The third-order valence-corrected chi connectivity index (χ3v) is 23.1. The Kier molecular flexibility index (Phi) is 15.6. The molecule has 1 heterocycles. The van der Waals surface area contributed by atoms with Crippen LogP contribution in [-0.4, -0.2) is 121 Å². The van der Waals surface area contributed by atoms with Gasteiger partial charge in [0, 0.05) is 42.9 Å². The lowest BCUT2D eigenvalue weighted by Gasteiger charge is -2.59. The van der Waals surface area contributed by atoms with Crippen LogP contribution in [0.4, 0.5) is 52.7 Å². The molecule has 30 heteroatoms. The third kappa shape index (κ3) is 10.5. The van der Waals surface area contributed by atoms with E-state index in [1.165, 1.54) is 0 Å². The summed E-state index contributed by atoms with van der Waals surface area (Å²) in [5, 5.41) is 0. The summed E-state index contributed by atoms with van der Waals surface area (Å²) in [6, 6.07) is 0. The summed E-state index contributed by atoms with van der Waals surface area (Å²) < 4.78 is 249. The van der Waals surface area contributed by atoms with Gasteiger partial charge >= 0.3 is 59.8 Å². The molecule has 0 radical (unpaired) electrons. The fourth-order valence-electron chi connectivity index (χ4n) is 18.2. The molecule has 464 valence electrons. The molecule has 0 aromatic heterocycles. The number of hydrogen-bond acceptors (Lipinski definition) is 16. The van der Waals surface area contributed by atoms with Crippen molar-refractivity contribution >= 4 is 55.7 Å². The molecule has 10 saturated carbocycles. The summed E-state index contributed by atoms with van der Waals surface area (Å²) in [5.74, 6) is -15.9. The number of ether oxygens (including phenoxy) is 4. The number of alkyl halides is 12. The quantitative estimate of drug-likeness (QED) is 0.0724. The fraction of sp³-hybridized carbons (Fsp3) is 0.885. The molecular formula is C52H62F12O16S2-2. The molecule has 1 aliphatic heterocycles. The Morgan fingerprint density at radius 1 is 0.683 bits per heavy atom. The van der Waals surface area contributed by atoms with Gasteiger partial charge in [-0.15, -0.1) is 0 Å². The Hall–Kier alpha value is -3.80. The largest absolute Gasteiger partial charge is 0.748 e. The summed E-state index contributed by atoms with van der Waals surface area (Å²) in [6.45, 7) is 5.77. The molecule has 0 N–H and O–H groups in total. The van der Waals surface area contributed by atoms with Crippen molar-refractivity contribution in [2.45, 2.75) is 178 Å². The number of ketones is 2. The second-order valence-electron chi connectivity index (χ2n) is 26.0. The van der Waals surface area contributed by atoms with Gasteiger partial charge in [-0.25, -0.2) is 16.8 Å². The molecule has 11 aliphatic rings. The molecule has 6 bridgehead atoms. The zero-order chi connectivity index (χ0) is 60.9. The maximum atomic E-state index is 13.8. The lowest BCUT2D eigenvalue weighted by Crippen LogP contribution is -2.64. The highest BCUT2D eigenvalue weighted by atomic mass is 32.2. The molecule has 0 aromatic rings. The van der Waals surface area contributed by atoms with Crippen LogP contribution in [0.3, 0.4) is 0 Å². The van der Waals surface area contributed by atoms with Crippen LogP contribution in [0.2, 0.25) is 0 Å². The Morgan fingerprint density at radius 3 is 1.72 bits per heavy atom. The first-order chi connectivity index (χ1) is 37.4. The average Bonchev–Trinajstić information content (AvgIpc) is 1.74. The van der Waals surface area contributed by atoms with E-state index in [0.717, 1.165) is 44.9 Å². The van der Waals surface area contributed by atoms with Crippen molar-refractivity contribution in [3.8, 4) is 0 Å². The number of hydrogen-bond donors (Lipinski definition) is 0. The first-order valence-corrected chi connectivity index (χ1v) is 30.6. The van der Waals surface area contributed by atoms with Gasteiger partial charge in [0.25, 0.3) is 0 Å². The van der Waals surface area contributed by atoms with Crippen molar-refractivity contribution < 1.29 is 126 Å². The number of carbonyl (C=O) groups is 6. The maximum absolute atomic E-state index is 13.8. The molecule has 10 aliphatic carbocycles. The number of rotatable bonds is 13. The molecule has 0 aromatic carbocycles. The van der Waals surface area contributed by atoms with Gasteiger partial charge in [0.1, 0.15) is 23.8 Å². The molecule has 0 amide bonds. The Morgan fingerprint density at radius 2 is 1.21 bits per heavy atom. The number of fused-ring (bicyclic) bond motifs is 6. The number of Topliss-reactive ketones (excluding diaryl/α,β-unsaturated/α-hetero) is 2. The average molecular weight is 1240 g/mol. The zero-order valence-electron chi connectivity index (χ0n) is 44.5. The van der Waals surface area contributed by atoms with Crippen LogP contribution in [0.15, 0.2) is 0 Å². The predicted molar refractivity (Wildman–Crippen MR) is 249 cm³/mol. The van der Waals surface area contributed by atoms with Crippen molar-refractivity contribution in [3.05, 3.63) is 0 Å². The summed E-state index contributed by atoms with van der Waals surface area (Å²) in [5.41, 5.74) is -12.8. The van der Waals surface area contributed by atoms with Crippen molar-refractivity contribution in [1.29, 1.82) is 0 Å². The minimum absolute atomic E-state index is 0.0453. The van der Waals surface area contributed by atoms with Crippen LogP contribution in [0.25, 0.3) is 0 Å². The molecule has 11 fully saturated rings. The van der Waals surface area contributed by atoms with Gasteiger partial charge < -0.3 is 28.1 Å². The monoisotopic (exact) mass is 1230 g/mol.